The van der Waals surface area contributed by atoms with Gasteiger partial charge in [0.2, 0.25) is 11.8 Å². The average molecular weight is 489 g/mol. The maximum Gasteiger partial charge on any atom is 0.273 e. The van der Waals surface area contributed by atoms with Crippen LogP contribution in [0.3, 0.4) is 0 Å². The van der Waals surface area contributed by atoms with Gasteiger partial charge in [-0.05, 0) is 43.4 Å². The van der Waals surface area contributed by atoms with Crippen molar-refractivity contribution in [3.63, 3.8) is 0 Å². The quantitative estimate of drug-likeness (QED) is 0.498. The first kappa shape index (κ1) is 22.1. The number of aryl methyl sites for hydroxylation is 1. The summed E-state index contributed by atoms with van der Waals surface area (Å²) >= 11 is 0. The molecule has 12 heteroatoms. The Morgan fingerprint density at radius 3 is 2.92 bits per heavy atom. The van der Waals surface area contributed by atoms with Crippen molar-refractivity contribution in [3.05, 3.63) is 58.7 Å². The van der Waals surface area contributed by atoms with Crippen LogP contribution in [-0.2, 0) is 35.6 Å². The number of aromatic nitrogens is 5. The second-order valence-corrected chi connectivity index (χ2v) is 9.27. The third kappa shape index (κ3) is 3.84. The van der Waals surface area contributed by atoms with Gasteiger partial charge in [-0.3, -0.25) is 29.2 Å². The van der Waals surface area contributed by atoms with Crippen molar-refractivity contribution in [2.24, 2.45) is 0 Å². The molecule has 6 rings (SSSR count). The Labute approximate surface area is 205 Å². The molecule has 3 aliphatic heterocycles. The topological polar surface area (TPSA) is 144 Å². The van der Waals surface area contributed by atoms with E-state index in [2.05, 4.69) is 26.0 Å². The molecule has 4 amide bonds. The van der Waals surface area contributed by atoms with Gasteiger partial charge in [-0.15, -0.1) is 5.10 Å². The van der Waals surface area contributed by atoms with E-state index in [4.69, 9.17) is 0 Å². The van der Waals surface area contributed by atoms with Crippen LogP contribution in [0.2, 0.25) is 0 Å². The maximum atomic E-state index is 13.1. The lowest BCUT2D eigenvalue weighted by molar-refractivity contribution is -0.136. The minimum Gasteiger partial charge on any atom is -0.346 e. The maximum absolute atomic E-state index is 13.1. The smallest absolute Gasteiger partial charge is 0.273 e. The monoisotopic (exact) mass is 488 g/mol. The van der Waals surface area contributed by atoms with Crippen molar-refractivity contribution in [2.45, 2.75) is 57.8 Å². The Morgan fingerprint density at radius 1 is 1.17 bits per heavy atom. The van der Waals surface area contributed by atoms with Gasteiger partial charge in [0.15, 0.2) is 5.69 Å². The van der Waals surface area contributed by atoms with E-state index in [9.17, 15) is 19.2 Å². The molecule has 2 N–H and O–H groups in total. The molecule has 5 heterocycles. The fourth-order valence-corrected chi connectivity index (χ4v) is 5.08. The second kappa shape index (κ2) is 8.70. The Bertz CT molecular complexity index is 1410. The van der Waals surface area contributed by atoms with Crippen LogP contribution in [0, 0.1) is 0 Å². The highest BCUT2D eigenvalue weighted by Crippen LogP contribution is 2.29. The number of amides is 4. The molecule has 36 heavy (non-hydrogen) atoms. The summed E-state index contributed by atoms with van der Waals surface area (Å²) in [6, 6.07) is 4.60. The molecule has 0 spiro atoms. The third-order valence-corrected chi connectivity index (χ3v) is 7.01. The molecule has 1 atom stereocenters. The summed E-state index contributed by atoms with van der Waals surface area (Å²) in [6.45, 7) is 1.57. The van der Waals surface area contributed by atoms with Gasteiger partial charge in [0.05, 0.1) is 18.1 Å². The predicted octanol–water partition coefficient (Wildman–Crippen LogP) is 0.491. The zero-order valence-corrected chi connectivity index (χ0v) is 19.4. The van der Waals surface area contributed by atoms with Crippen LogP contribution in [0.1, 0.15) is 63.4 Å². The molecular weight excluding hydrogens is 464 g/mol. The number of fused-ring (bicyclic) bond motifs is 2. The first-order valence-electron chi connectivity index (χ1n) is 12.0. The average Bonchev–Trinajstić information content (AvgIpc) is 3.60. The van der Waals surface area contributed by atoms with Crippen LogP contribution >= 0.6 is 0 Å². The van der Waals surface area contributed by atoms with E-state index in [-0.39, 0.29) is 29.8 Å². The molecule has 0 bridgehead atoms. The van der Waals surface area contributed by atoms with Crippen molar-refractivity contribution < 1.29 is 19.2 Å². The molecule has 0 aliphatic carbocycles. The number of nitrogens with one attached hydrogen (secondary N) is 2. The lowest BCUT2D eigenvalue weighted by Gasteiger charge is -2.29. The van der Waals surface area contributed by atoms with Gasteiger partial charge in [-0.1, -0.05) is 11.3 Å². The van der Waals surface area contributed by atoms with E-state index in [0.29, 0.717) is 30.8 Å². The molecular formula is C24H24N8O4. The first-order chi connectivity index (χ1) is 17.5. The number of nitrogens with zero attached hydrogens (tertiary/aromatic N) is 6. The summed E-state index contributed by atoms with van der Waals surface area (Å²) < 4.78 is 3.44. The van der Waals surface area contributed by atoms with Crippen LogP contribution in [0.4, 0.5) is 0 Å². The van der Waals surface area contributed by atoms with Crippen LogP contribution in [0.5, 0.6) is 0 Å². The van der Waals surface area contributed by atoms with E-state index in [0.717, 1.165) is 36.9 Å². The highest BCUT2D eigenvalue weighted by atomic mass is 16.2. The van der Waals surface area contributed by atoms with E-state index in [1.54, 1.807) is 24.4 Å². The van der Waals surface area contributed by atoms with Crippen LogP contribution in [0.15, 0.2) is 30.6 Å². The summed E-state index contributed by atoms with van der Waals surface area (Å²) in [4.78, 5) is 51.0. The standard InChI is InChI=1S/C24H24N8O4/c33-21-7-6-20(23(35)27-21)30-12-14-4-5-16(9-17(14)24(30)36)32-13-18(28-29-32)22(34)25-10-15-11-26-31-8-2-1-3-19(15)31/h4-5,9,11,13,20H,1-3,6-8,10,12H2,(H,25,34)(H,27,33,35). The number of benzene rings is 1. The fraction of sp³-hybridized carbons (Fsp3) is 0.375. The molecule has 1 aromatic carbocycles. The van der Waals surface area contributed by atoms with Crippen molar-refractivity contribution in [3.8, 4) is 5.69 Å². The van der Waals surface area contributed by atoms with E-state index >= 15 is 0 Å². The van der Waals surface area contributed by atoms with Crippen molar-refractivity contribution in [2.75, 3.05) is 0 Å². The number of rotatable bonds is 5. The molecule has 1 fully saturated rings. The van der Waals surface area contributed by atoms with Gasteiger partial charge in [0.1, 0.15) is 6.04 Å². The molecule has 0 radical (unpaired) electrons. The molecule has 184 valence electrons. The largest absolute Gasteiger partial charge is 0.346 e. The van der Waals surface area contributed by atoms with Gasteiger partial charge in [-0.2, -0.15) is 5.10 Å². The number of carbonyl (C=O) groups is 4. The van der Waals surface area contributed by atoms with E-state index in [1.807, 2.05) is 4.68 Å². The summed E-state index contributed by atoms with van der Waals surface area (Å²) in [6.07, 6.45) is 7.03. The zero-order chi connectivity index (χ0) is 24.8. The molecule has 3 aromatic rings. The minimum absolute atomic E-state index is 0.160. The van der Waals surface area contributed by atoms with Gasteiger partial charge < -0.3 is 10.2 Å². The molecule has 1 unspecified atom stereocenters. The first-order valence-corrected chi connectivity index (χ1v) is 12.0. The summed E-state index contributed by atoms with van der Waals surface area (Å²) in [7, 11) is 0. The molecule has 2 aromatic heterocycles. The second-order valence-electron chi connectivity index (χ2n) is 9.27. The number of carbonyl (C=O) groups excluding carboxylic acids is 4. The van der Waals surface area contributed by atoms with Crippen LogP contribution in [-0.4, -0.2) is 59.3 Å². The van der Waals surface area contributed by atoms with Crippen molar-refractivity contribution in [1.29, 1.82) is 0 Å². The SMILES string of the molecule is O=C1CCC(N2Cc3ccc(-n4cc(C(=O)NCc5cnn6c5CCCC6)nn4)cc3C2=O)C(=O)N1. The number of piperidine rings is 1. The number of hydrogen-bond acceptors (Lipinski definition) is 7. The fourth-order valence-electron chi connectivity index (χ4n) is 5.08. The van der Waals surface area contributed by atoms with Crippen LogP contribution < -0.4 is 10.6 Å². The van der Waals surface area contributed by atoms with Crippen molar-refractivity contribution >= 4 is 23.6 Å². The highest BCUT2D eigenvalue weighted by Gasteiger charge is 2.39. The lowest BCUT2D eigenvalue weighted by atomic mass is 10.0. The third-order valence-electron chi connectivity index (χ3n) is 7.01. The minimum atomic E-state index is -0.672. The van der Waals surface area contributed by atoms with Crippen molar-refractivity contribution in [1.82, 2.24) is 40.3 Å². The molecule has 3 aliphatic rings. The van der Waals surface area contributed by atoms with E-state index in [1.165, 1.54) is 21.5 Å². The van der Waals surface area contributed by atoms with Gasteiger partial charge in [-0.25, -0.2) is 4.68 Å². The number of hydrogen-bond donors (Lipinski definition) is 2. The molecule has 12 nitrogen and oxygen atoms in total. The van der Waals surface area contributed by atoms with Crippen LogP contribution in [0.25, 0.3) is 5.69 Å². The Hall–Kier alpha value is -4.35. The molecule has 0 saturated carbocycles. The summed E-state index contributed by atoms with van der Waals surface area (Å²) in [5.41, 5.74) is 4.16. The summed E-state index contributed by atoms with van der Waals surface area (Å²) in [5.74, 6) is -1.39. The normalized spacial score (nSPS) is 19.2. The zero-order valence-electron chi connectivity index (χ0n) is 19.4. The predicted molar refractivity (Wildman–Crippen MR) is 124 cm³/mol. The highest BCUT2D eigenvalue weighted by molar-refractivity contribution is 6.05. The van der Waals surface area contributed by atoms with Gasteiger partial charge in [0.25, 0.3) is 11.8 Å². The Morgan fingerprint density at radius 2 is 2.06 bits per heavy atom. The van der Waals surface area contributed by atoms with Gasteiger partial charge >= 0.3 is 0 Å². The number of imide groups is 1. The Kier molecular flexibility index (Phi) is 5.35. The summed E-state index contributed by atoms with van der Waals surface area (Å²) in [5, 5.41) is 17.6. The Balaban J connectivity index is 1.14. The lowest BCUT2D eigenvalue weighted by Crippen LogP contribution is -2.52. The van der Waals surface area contributed by atoms with E-state index < -0.39 is 11.9 Å². The molecule has 1 saturated heterocycles. The van der Waals surface area contributed by atoms with Gasteiger partial charge in [0, 0.05) is 42.9 Å².